The number of H-pyrrole nitrogens is 1. The molecule has 0 saturated heterocycles. The maximum Gasteiger partial charge on any atom is 0.224 e. The SMILES string of the molecule is CC(C)NC(=O)Cc1c[nH]c2c(F)cccc12. The van der Waals surface area contributed by atoms with Crippen LogP contribution in [0.15, 0.2) is 24.4 Å². The van der Waals surface area contributed by atoms with Crippen LogP contribution >= 0.6 is 0 Å². The van der Waals surface area contributed by atoms with Gasteiger partial charge >= 0.3 is 0 Å². The normalized spacial score (nSPS) is 11.1. The van der Waals surface area contributed by atoms with E-state index in [-0.39, 0.29) is 24.2 Å². The van der Waals surface area contributed by atoms with Crippen LogP contribution < -0.4 is 5.32 Å². The van der Waals surface area contributed by atoms with Crippen LogP contribution in [-0.4, -0.2) is 16.9 Å². The zero-order chi connectivity index (χ0) is 12.4. The van der Waals surface area contributed by atoms with Gasteiger partial charge in [0.2, 0.25) is 5.91 Å². The Kier molecular flexibility index (Phi) is 3.13. The highest BCUT2D eigenvalue weighted by atomic mass is 19.1. The van der Waals surface area contributed by atoms with Crippen molar-refractivity contribution in [2.75, 3.05) is 0 Å². The molecule has 2 aromatic rings. The molecule has 4 heteroatoms. The van der Waals surface area contributed by atoms with Crippen LogP contribution in [0.3, 0.4) is 0 Å². The van der Waals surface area contributed by atoms with Crippen molar-refractivity contribution in [3.8, 4) is 0 Å². The molecule has 0 fully saturated rings. The third kappa shape index (κ3) is 2.46. The number of nitrogens with one attached hydrogen (secondary N) is 2. The molecule has 0 bridgehead atoms. The van der Waals surface area contributed by atoms with E-state index in [0.717, 1.165) is 10.9 Å². The van der Waals surface area contributed by atoms with Crippen molar-refractivity contribution in [1.82, 2.24) is 10.3 Å². The van der Waals surface area contributed by atoms with Crippen LogP contribution in [0.4, 0.5) is 4.39 Å². The lowest BCUT2D eigenvalue weighted by Crippen LogP contribution is -2.31. The summed E-state index contributed by atoms with van der Waals surface area (Å²) in [6.45, 7) is 3.82. The first kappa shape index (κ1) is 11.6. The number of rotatable bonds is 3. The second-order valence-corrected chi connectivity index (χ2v) is 4.38. The number of aromatic amines is 1. The maximum absolute atomic E-state index is 13.4. The fraction of sp³-hybridized carbons (Fsp3) is 0.308. The van der Waals surface area contributed by atoms with Gasteiger partial charge in [0, 0.05) is 17.6 Å². The van der Waals surface area contributed by atoms with E-state index in [1.165, 1.54) is 6.07 Å². The van der Waals surface area contributed by atoms with Crippen LogP contribution in [0.5, 0.6) is 0 Å². The highest BCUT2D eigenvalue weighted by Gasteiger charge is 2.11. The number of fused-ring (bicyclic) bond motifs is 1. The molecule has 90 valence electrons. The average molecular weight is 234 g/mol. The van der Waals surface area contributed by atoms with E-state index in [4.69, 9.17) is 0 Å². The van der Waals surface area contributed by atoms with Crippen LogP contribution in [0.1, 0.15) is 19.4 Å². The van der Waals surface area contributed by atoms with E-state index < -0.39 is 0 Å². The molecule has 1 aromatic carbocycles. The van der Waals surface area contributed by atoms with Crippen LogP contribution in [0, 0.1) is 5.82 Å². The lowest BCUT2D eigenvalue weighted by molar-refractivity contribution is -0.120. The summed E-state index contributed by atoms with van der Waals surface area (Å²) in [6, 6.07) is 4.98. The minimum Gasteiger partial charge on any atom is -0.359 e. The zero-order valence-corrected chi connectivity index (χ0v) is 9.88. The van der Waals surface area contributed by atoms with Crippen molar-refractivity contribution >= 4 is 16.8 Å². The standard InChI is InChI=1S/C13H15FN2O/c1-8(2)16-12(17)6-9-7-15-13-10(9)4-3-5-11(13)14/h3-5,7-8,15H,6H2,1-2H3,(H,16,17). The molecule has 0 aliphatic heterocycles. The van der Waals surface area contributed by atoms with Gasteiger partial charge in [-0.3, -0.25) is 4.79 Å². The largest absolute Gasteiger partial charge is 0.359 e. The van der Waals surface area contributed by atoms with E-state index in [1.54, 1.807) is 12.3 Å². The fourth-order valence-electron chi connectivity index (χ4n) is 1.87. The monoisotopic (exact) mass is 234 g/mol. The van der Waals surface area contributed by atoms with Crippen LogP contribution in [0.2, 0.25) is 0 Å². The molecule has 3 nitrogen and oxygen atoms in total. The summed E-state index contributed by atoms with van der Waals surface area (Å²) in [6.07, 6.45) is 1.95. The van der Waals surface area contributed by atoms with Gasteiger partial charge in [-0.05, 0) is 25.5 Å². The highest BCUT2D eigenvalue weighted by Crippen LogP contribution is 2.20. The summed E-state index contributed by atoms with van der Waals surface area (Å²) >= 11 is 0. The minimum absolute atomic E-state index is 0.0508. The molecule has 17 heavy (non-hydrogen) atoms. The number of halogens is 1. The smallest absolute Gasteiger partial charge is 0.224 e. The Bertz CT molecular complexity index is 545. The van der Waals surface area contributed by atoms with E-state index in [9.17, 15) is 9.18 Å². The molecule has 0 aliphatic carbocycles. The van der Waals surface area contributed by atoms with Gasteiger partial charge in [-0.15, -0.1) is 0 Å². The lowest BCUT2D eigenvalue weighted by atomic mass is 10.1. The number of hydrogen-bond acceptors (Lipinski definition) is 1. The third-order valence-electron chi connectivity index (χ3n) is 2.55. The van der Waals surface area contributed by atoms with E-state index >= 15 is 0 Å². The number of hydrogen-bond donors (Lipinski definition) is 2. The predicted molar refractivity (Wildman–Crippen MR) is 65.2 cm³/mol. The predicted octanol–water partition coefficient (Wildman–Crippen LogP) is 2.37. The Balaban J connectivity index is 2.25. The van der Waals surface area contributed by atoms with Crippen molar-refractivity contribution in [2.24, 2.45) is 0 Å². The number of aromatic nitrogens is 1. The van der Waals surface area contributed by atoms with Gasteiger partial charge in [-0.1, -0.05) is 12.1 Å². The summed E-state index contributed by atoms with van der Waals surface area (Å²) in [5.74, 6) is -0.344. The molecule has 0 aliphatic rings. The van der Waals surface area contributed by atoms with Crippen LogP contribution in [-0.2, 0) is 11.2 Å². The number of benzene rings is 1. The van der Waals surface area contributed by atoms with Gasteiger partial charge in [-0.2, -0.15) is 0 Å². The number of carbonyl (C=O) groups is 1. The second kappa shape index (κ2) is 4.57. The second-order valence-electron chi connectivity index (χ2n) is 4.38. The third-order valence-corrected chi connectivity index (χ3v) is 2.55. The van der Waals surface area contributed by atoms with Crippen molar-refractivity contribution < 1.29 is 9.18 Å². The van der Waals surface area contributed by atoms with Gasteiger partial charge < -0.3 is 10.3 Å². The molecular formula is C13H15FN2O. The Labute approximate surface area is 99.0 Å². The first-order valence-corrected chi connectivity index (χ1v) is 5.61. The van der Waals surface area contributed by atoms with Gasteiger partial charge in [0.05, 0.1) is 11.9 Å². The van der Waals surface area contributed by atoms with Crippen molar-refractivity contribution in [1.29, 1.82) is 0 Å². The Morgan fingerprint density at radius 3 is 2.94 bits per heavy atom. The minimum atomic E-state index is -0.294. The van der Waals surface area contributed by atoms with Gasteiger partial charge in [0.15, 0.2) is 0 Å². The highest BCUT2D eigenvalue weighted by molar-refractivity contribution is 5.89. The quantitative estimate of drug-likeness (QED) is 0.841. The molecule has 0 spiro atoms. The van der Waals surface area contributed by atoms with E-state index in [0.29, 0.717) is 5.52 Å². The average Bonchev–Trinajstić information content (AvgIpc) is 2.62. The van der Waals surface area contributed by atoms with Crippen molar-refractivity contribution in [3.63, 3.8) is 0 Å². The van der Waals surface area contributed by atoms with Crippen molar-refractivity contribution in [3.05, 3.63) is 35.8 Å². The topological polar surface area (TPSA) is 44.9 Å². The molecule has 0 saturated carbocycles. The number of amides is 1. The van der Waals surface area contributed by atoms with Crippen molar-refractivity contribution in [2.45, 2.75) is 26.3 Å². The molecule has 2 N–H and O–H groups in total. The number of carbonyl (C=O) groups excluding carboxylic acids is 1. The first-order valence-electron chi connectivity index (χ1n) is 5.61. The molecular weight excluding hydrogens is 219 g/mol. The van der Waals surface area contributed by atoms with Gasteiger partial charge in [-0.25, -0.2) is 4.39 Å². The summed E-state index contributed by atoms with van der Waals surface area (Å²) in [7, 11) is 0. The molecule has 2 rings (SSSR count). The first-order chi connectivity index (χ1) is 8.08. The summed E-state index contributed by atoms with van der Waals surface area (Å²) in [4.78, 5) is 14.5. The Morgan fingerprint density at radius 2 is 2.24 bits per heavy atom. The van der Waals surface area contributed by atoms with E-state index in [2.05, 4.69) is 10.3 Å². The Morgan fingerprint density at radius 1 is 1.47 bits per heavy atom. The number of para-hydroxylation sites is 1. The molecule has 0 atom stereocenters. The van der Waals surface area contributed by atoms with Gasteiger partial charge in [0.25, 0.3) is 0 Å². The van der Waals surface area contributed by atoms with E-state index in [1.807, 2.05) is 19.9 Å². The molecule has 1 amide bonds. The molecule has 1 heterocycles. The summed E-state index contributed by atoms with van der Waals surface area (Å²) in [5, 5.41) is 3.58. The van der Waals surface area contributed by atoms with Gasteiger partial charge in [0.1, 0.15) is 5.82 Å². The lowest BCUT2D eigenvalue weighted by Gasteiger charge is -2.07. The molecule has 1 aromatic heterocycles. The molecule has 0 radical (unpaired) electrons. The summed E-state index contributed by atoms with van der Waals surface area (Å²) < 4.78 is 13.4. The fourth-order valence-corrected chi connectivity index (χ4v) is 1.87. The summed E-state index contributed by atoms with van der Waals surface area (Å²) in [5.41, 5.74) is 1.28. The molecule has 0 unspecified atom stereocenters. The Hall–Kier alpha value is -1.84. The maximum atomic E-state index is 13.4. The zero-order valence-electron chi connectivity index (χ0n) is 9.88. The van der Waals surface area contributed by atoms with Crippen LogP contribution in [0.25, 0.3) is 10.9 Å².